The Morgan fingerprint density at radius 2 is 1.85 bits per heavy atom. The van der Waals surface area contributed by atoms with Crippen molar-refractivity contribution in [3.05, 3.63) is 0 Å². The van der Waals surface area contributed by atoms with Crippen LogP contribution in [0.5, 0.6) is 0 Å². The van der Waals surface area contributed by atoms with Gasteiger partial charge in [-0.05, 0) is 19.4 Å². The zero-order valence-corrected chi connectivity index (χ0v) is 8.35. The lowest BCUT2D eigenvalue weighted by molar-refractivity contribution is 0.0296. The van der Waals surface area contributed by atoms with Gasteiger partial charge in [0.25, 0.3) is 0 Å². The van der Waals surface area contributed by atoms with Crippen LogP contribution < -0.4 is 10.9 Å². The van der Waals surface area contributed by atoms with Crippen molar-refractivity contribution in [1.82, 2.24) is 0 Å². The number of nitrogens with two attached hydrogens (primary N) is 2. The van der Waals surface area contributed by atoms with Gasteiger partial charge in [-0.3, -0.25) is 0 Å². The van der Waals surface area contributed by atoms with Crippen LogP contribution in [-0.4, -0.2) is 33.9 Å². The average molecular weight is 208 g/mol. The molecule has 1 saturated heterocycles. The molecule has 1 aliphatic rings. The maximum Gasteiger partial charge on any atom is 0.209 e. The Morgan fingerprint density at radius 1 is 1.31 bits per heavy atom. The highest BCUT2D eigenvalue weighted by Gasteiger charge is 2.34. The molecule has 0 radical (unpaired) electrons. The van der Waals surface area contributed by atoms with Crippen molar-refractivity contribution in [2.75, 3.05) is 25.5 Å². The van der Waals surface area contributed by atoms with Gasteiger partial charge in [-0.2, -0.15) is 0 Å². The topological polar surface area (TPSA) is 95.4 Å². The summed E-state index contributed by atoms with van der Waals surface area (Å²) in [7, 11) is -3.43. The molecule has 0 aromatic rings. The molecule has 0 spiro atoms. The molecular formula is C7H16N2O3S. The first-order valence-electron chi connectivity index (χ1n) is 4.26. The summed E-state index contributed by atoms with van der Waals surface area (Å²) in [5, 5.41) is 5.00. The molecule has 0 unspecified atom stereocenters. The van der Waals surface area contributed by atoms with Crippen LogP contribution in [0, 0.1) is 5.41 Å². The van der Waals surface area contributed by atoms with Gasteiger partial charge < -0.3 is 10.5 Å². The fraction of sp³-hybridized carbons (Fsp3) is 1.00. The van der Waals surface area contributed by atoms with Crippen molar-refractivity contribution in [3.8, 4) is 0 Å². The Kier molecular flexibility index (Phi) is 3.28. The van der Waals surface area contributed by atoms with Crippen LogP contribution in [0.15, 0.2) is 0 Å². The molecule has 0 aromatic carbocycles. The van der Waals surface area contributed by atoms with Crippen LogP contribution in [0.2, 0.25) is 0 Å². The van der Waals surface area contributed by atoms with Gasteiger partial charge in [-0.1, -0.05) is 0 Å². The van der Waals surface area contributed by atoms with Gasteiger partial charge in [-0.25, -0.2) is 13.6 Å². The molecule has 0 aromatic heterocycles. The lowest BCUT2D eigenvalue weighted by atomic mass is 9.82. The van der Waals surface area contributed by atoms with Crippen molar-refractivity contribution in [2.24, 2.45) is 16.3 Å². The van der Waals surface area contributed by atoms with Gasteiger partial charge in [0.15, 0.2) is 0 Å². The van der Waals surface area contributed by atoms with Crippen molar-refractivity contribution in [2.45, 2.75) is 12.8 Å². The summed E-state index contributed by atoms with van der Waals surface area (Å²) in [5.41, 5.74) is 5.21. The van der Waals surface area contributed by atoms with Gasteiger partial charge in [0.2, 0.25) is 10.0 Å². The summed E-state index contributed by atoms with van der Waals surface area (Å²) >= 11 is 0. The quantitative estimate of drug-likeness (QED) is 0.624. The van der Waals surface area contributed by atoms with Crippen LogP contribution >= 0.6 is 0 Å². The van der Waals surface area contributed by atoms with Crippen molar-refractivity contribution in [3.63, 3.8) is 0 Å². The molecule has 1 heterocycles. The SMILES string of the molecule is NCC1(CS(N)(=O)=O)CCOCC1. The van der Waals surface area contributed by atoms with Gasteiger partial charge in [0, 0.05) is 18.6 Å². The second-order valence-electron chi connectivity index (χ2n) is 3.62. The fourth-order valence-corrected chi connectivity index (χ4v) is 2.90. The third kappa shape index (κ3) is 3.22. The summed E-state index contributed by atoms with van der Waals surface area (Å²) < 4.78 is 27.0. The van der Waals surface area contributed by atoms with Crippen molar-refractivity contribution >= 4 is 10.0 Å². The molecule has 6 heteroatoms. The van der Waals surface area contributed by atoms with E-state index in [-0.39, 0.29) is 11.2 Å². The first kappa shape index (κ1) is 10.9. The molecule has 0 amide bonds. The van der Waals surface area contributed by atoms with Crippen molar-refractivity contribution in [1.29, 1.82) is 0 Å². The summed E-state index contributed by atoms with van der Waals surface area (Å²) in [5.74, 6) is -0.0279. The Labute approximate surface area is 78.5 Å². The Hall–Kier alpha value is -0.170. The molecular weight excluding hydrogens is 192 g/mol. The highest BCUT2D eigenvalue weighted by Crippen LogP contribution is 2.30. The molecule has 0 saturated carbocycles. The summed E-state index contributed by atoms with van der Waals surface area (Å²) in [6, 6.07) is 0. The maximum atomic E-state index is 10.9. The minimum atomic E-state index is -3.43. The Morgan fingerprint density at radius 3 is 2.23 bits per heavy atom. The standard InChI is InChI=1S/C7H16N2O3S/c8-5-7(6-13(9,10)11)1-3-12-4-2-7/h1-6,8H2,(H2,9,10,11). The van der Waals surface area contributed by atoms with Gasteiger partial charge in [-0.15, -0.1) is 0 Å². The van der Waals surface area contributed by atoms with Gasteiger partial charge in [0.1, 0.15) is 0 Å². The highest BCUT2D eigenvalue weighted by molar-refractivity contribution is 7.89. The monoisotopic (exact) mass is 208 g/mol. The smallest absolute Gasteiger partial charge is 0.209 e. The summed E-state index contributed by atoms with van der Waals surface area (Å²) in [6.07, 6.45) is 1.36. The minimum absolute atomic E-state index is 0.0279. The van der Waals surface area contributed by atoms with E-state index in [1.54, 1.807) is 0 Å². The van der Waals surface area contributed by atoms with Crippen LogP contribution in [0.4, 0.5) is 0 Å². The van der Waals surface area contributed by atoms with E-state index in [4.69, 9.17) is 15.6 Å². The molecule has 1 rings (SSSR count). The average Bonchev–Trinajstić information content (AvgIpc) is 2.03. The van der Waals surface area contributed by atoms with Crippen LogP contribution in [-0.2, 0) is 14.8 Å². The molecule has 13 heavy (non-hydrogen) atoms. The van der Waals surface area contributed by atoms with Crippen LogP contribution in [0.3, 0.4) is 0 Å². The normalized spacial score (nSPS) is 22.9. The van der Waals surface area contributed by atoms with Crippen LogP contribution in [0.1, 0.15) is 12.8 Å². The fourth-order valence-electron chi connectivity index (χ4n) is 1.64. The van der Waals surface area contributed by atoms with E-state index in [2.05, 4.69) is 0 Å². The number of ether oxygens (including phenoxy) is 1. The molecule has 1 fully saturated rings. The Balaban J connectivity index is 2.68. The number of rotatable bonds is 3. The van der Waals surface area contributed by atoms with Gasteiger partial charge >= 0.3 is 0 Å². The third-order valence-electron chi connectivity index (χ3n) is 2.49. The van der Waals surface area contributed by atoms with E-state index in [1.807, 2.05) is 0 Å². The second-order valence-corrected chi connectivity index (χ2v) is 5.24. The largest absolute Gasteiger partial charge is 0.381 e. The highest BCUT2D eigenvalue weighted by atomic mass is 32.2. The molecule has 4 N–H and O–H groups in total. The number of hydrogen-bond acceptors (Lipinski definition) is 4. The molecule has 0 bridgehead atoms. The molecule has 0 atom stereocenters. The first-order chi connectivity index (χ1) is 5.97. The number of hydrogen-bond donors (Lipinski definition) is 2. The zero-order chi connectivity index (χ0) is 9.95. The van der Waals surface area contributed by atoms with E-state index in [0.29, 0.717) is 32.6 Å². The lowest BCUT2D eigenvalue weighted by Gasteiger charge is -2.34. The third-order valence-corrected chi connectivity index (χ3v) is 3.51. The molecule has 78 valence electrons. The van der Waals surface area contributed by atoms with Crippen LogP contribution in [0.25, 0.3) is 0 Å². The van der Waals surface area contributed by atoms with E-state index in [0.717, 1.165) is 0 Å². The van der Waals surface area contributed by atoms with E-state index in [9.17, 15) is 8.42 Å². The Bertz CT molecular complexity index is 257. The lowest BCUT2D eigenvalue weighted by Crippen LogP contribution is -2.43. The predicted octanol–water partition coefficient (Wildman–Crippen LogP) is -0.970. The molecule has 0 aliphatic carbocycles. The van der Waals surface area contributed by atoms with E-state index >= 15 is 0 Å². The number of sulfonamides is 1. The van der Waals surface area contributed by atoms with Crippen molar-refractivity contribution < 1.29 is 13.2 Å². The zero-order valence-electron chi connectivity index (χ0n) is 7.53. The second kappa shape index (κ2) is 3.91. The summed E-state index contributed by atoms with van der Waals surface area (Å²) in [4.78, 5) is 0. The summed E-state index contributed by atoms with van der Waals surface area (Å²) in [6.45, 7) is 1.51. The molecule has 1 aliphatic heterocycles. The minimum Gasteiger partial charge on any atom is -0.381 e. The first-order valence-corrected chi connectivity index (χ1v) is 5.97. The maximum absolute atomic E-state index is 10.9. The number of primary sulfonamides is 1. The van der Waals surface area contributed by atoms with E-state index < -0.39 is 10.0 Å². The van der Waals surface area contributed by atoms with E-state index in [1.165, 1.54) is 0 Å². The van der Waals surface area contributed by atoms with Gasteiger partial charge in [0.05, 0.1) is 5.75 Å². The molecule has 5 nitrogen and oxygen atoms in total. The predicted molar refractivity (Wildman–Crippen MR) is 49.5 cm³/mol.